The first-order valence-electron chi connectivity index (χ1n) is 7.36. The van der Waals surface area contributed by atoms with Crippen LogP contribution in [-0.2, 0) is 16.1 Å². The maximum atomic E-state index is 11.3. The van der Waals surface area contributed by atoms with Gasteiger partial charge in [-0.25, -0.2) is 0 Å². The van der Waals surface area contributed by atoms with Crippen LogP contribution in [0.5, 0.6) is 0 Å². The van der Waals surface area contributed by atoms with Crippen molar-refractivity contribution in [1.29, 1.82) is 0 Å². The zero-order valence-electron chi connectivity index (χ0n) is 12.2. The second-order valence-electron chi connectivity index (χ2n) is 5.49. The summed E-state index contributed by atoms with van der Waals surface area (Å²) in [4.78, 5) is 13.5. The fourth-order valence-electron chi connectivity index (χ4n) is 2.73. The number of nitrogens with zero attached hydrogens (tertiary/aromatic N) is 1. The van der Waals surface area contributed by atoms with Crippen molar-refractivity contribution < 1.29 is 9.53 Å². The molecular formula is C18H18BrNO2. The summed E-state index contributed by atoms with van der Waals surface area (Å²) in [5.74, 6) is 0. The molecule has 2 aromatic carbocycles. The van der Waals surface area contributed by atoms with Crippen LogP contribution in [0.1, 0.15) is 17.2 Å². The number of carbonyl (C=O) groups excluding carboxylic acids is 1. The van der Waals surface area contributed by atoms with Gasteiger partial charge in [0.2, 0.25) is 0 Å². The van der Waals surface area contributed by atoms with Crippen LogP contribution >= 0.6 is 15.9 Å². The standard InChI is InChI=1S/C18H18BrNO2/c19-16-8-6-15(7-9-16)18-11-20(17(12-21)13-22-18)10-14-4-2-1-3-5-14/h1-9,12,17-18H,10-11,13H2. The van der Waals surface area contributed by atoms with Gasteiger partial charge in [-0.15, -0.1) is 0 Å². The van der Waals surface area contributed by atoms with Crippen molar-refractivity contribution in [3.05, 3.63) is 70.2 Å². The number of hydrogen-bond acceptors (Lipinski definition) is 3. The lowest BCUT2D eigenvalue weighted by Crippen LogP contribution is -2.46. The zero-order chi connectivity index (χ0) is 15.4. The van der Waals surface area contributed by atoms with E-state index in [9.17, 15) is 4.79 Å². The Bertz CT molecular complexity index is 615. The lowest BCUT2D eigenvalue weighted by molar-refractivity contribution is -0.124. The van der Waals surface area contributed by atoms with Gasteiger partial charge in [-0.05, 0) is 23.3 Å². The molecule has 0 radical (unpaired) electrons. The molecule has 0 aromatic heterocycles. The normalized spacial score (nSPS) is 22.4. The Kier molecular flexibility index (Phi) is 5.03. The third-order valence-electron chi connectivity index (χ3n) is 3.96. The third-order valence-corrected chi connectivity index (χ3v) is 4.49. The summed E-state index contributed by atoms with van der Waals surface area (Å²) >= 11 is 3.45. The van der Waals surface area contributed by atoms with Crippen LogP contribution in [0.2, 0.25) is 0 Å². The first kappa shape index (κ1) is 15.4. The van der Waals surface area contributed by atoms with Crippen molar-refractivity contribution in [3.8, 4) is 0 Å². The minimum Gasteiger partial charge on any atom is -0.370 e. The van der Waals surface area contributed by atoms with Gasteiger partial charge in [-0.2, -0.15) is 0 Å². The van der Waals surface area contributed by atoms with Gasteiger partial charge in [0, 0.05) is 17.6 Å². The lowest BCUT2D eigenvalue weighted by Gasteiger charge is -2.37. The van der Waals surface area contributed by atoms with Gasteiger partial charge in [0.1, 0.15) is 6.29 Å². The van der Waals surface area contributed by atoms with Crippen LogP contribution in [0.4, 0.5) is 0 Å². The summed E-state index contributed by atoms with van der Waals surface area (Å²) in [7, 11) is 0. The van der Waals surface area contributed by atoms with E-state index in [-0.39, 0.29) is 12.1 Å². The van der Waals surface area contributed by atoms with Crippen LogP contribution in [0, 0.1) is 0 Å². The van der Waals surface area contributed by atoms with Crippen LogP contribution in [0.25, 0.3) is 0 Å². The van der Waals surface area contributed by atoms with Gasteiger partial charge in [-0.3, -0.25) is 4.90 Å². The summed E-state index contributed by atoms with van der Waals surface area (Å²) in [6.07, 6.45) is 0.994. The van der Waals surface area contributed by atoms with E-state index in [1.807, 2.05) is 30.3 Å². The number of carbonyl (C=O) groups is 1. The highest BCUT2D eigenvalue weighted by Crippen LogP contribution is 2.26. The predicted octanol–water partition coefficient (Wildman–Crippen LogP) is 3.59. The molecule has 2 atom stereocenters. The molecule has 0 N–H and O–H groups in total. The molecule has 4 heteroatoms. The Labute approximate surface area is 139 Å². The molecule has 0 spiro atoms. The molecule has 3 rings (SSSR count). The highest BCUT2D eigenvalue weighted by Gasteiger charge is 2.29. The fourth-order valence-corrected chi connectivity index (χ4v) is 2.99. The quantitative estimate of drug-likeness (QED) is 0.781. The molecule has 22 heavy (non-hydrogen) atoms. The van der Waals surface area contributed by atoms with Gasteiger partial charge < -0.3 is 9.53 Å². The predicted molar refractivity (Wildman–Crippen MR) is 89.5 cm³/mol. The molecule has 0 amide bonds. The topological polar surface area (TPSA) is 29.5 Å². The largest absolute Gasteiger partial charge is 0.370 e. The SMILES string of the molecule is O=CC1COC(c2ccc(Br)cc2)CN1Cc1ccccc1. The number of morpholine rings is 1. The van der Waals surface area contributed by atoms with Crippen molar-refractivity contribution in [2.75, 3.05) is 13.2 Å². The fraction of sp³-hybridized carbons (Fsp3) is 0.278. The van der Waals surface area contributed by atoms with Gasteiger partial charge >= 0.3 is 0 Å². The van der Waals surface area contributed by atoms with Gasteiger partial charge in [0.25, 0.3) is 0 Å². The average molecular weight is 360 g/mol. The molecule has 0 aliphatic carbocycles. The molecule has 1 aliphatic heterocycles. The number of halogens is 1. The number of hydrogen-bond donors (Lipinski definition) is 0. The van der Waals surface area contributed by atoms with Crippen molar-refractivity contribution in [2.45, 2.75) is 18.7 Å². The van der Waals surface area contributed by atoms with E-state index in [2.05, 4.69) is 45.1 Å². The van der Waals surface area contributed by atoms with Crippen molar-refractivity contribution in [3.63, 3.8) is 0 Å². The molecule has 1 aliphatic rings. The van der Waals surface area contributed by atoms with E-state index in [1.165, 1.54) is 5.56 Å². The summed E-state index contributed by atoms with van der Waals surface area (Å²) in [6, 6.07) is 18.2. The molecule has 1 heterocycles. The van der Waals surface area contributed by atoms with E-state index in [0.717, 1.165) is 29.4 Å². The molecule has 0 saturated carbocycles. The number of ether oxygens (including phenoxy) is 1. The molecule has 2 unspecified atom stereocenters. The second-order valence-corrected chi connectivity index (χ2v) is 6.41. The maximum Gasteiger partial charge on any atom is 0.139 e. The van der Waals surface area contributed by atoms with Crippen LogP contribution in [0.3, 0.4) is 0 Å². The van der Waals surface area contributed by atoms with Crippen molar-refractivity contribution >= 4 is 22.2 Å². The van der Waals surface area contributed by atoms with E-state index in [4.69, 9.17) is 4.74 Å². The second kappa shape index (κ2) is 7.18. The lowest BCUT2D eigenvalue weighted by atomic mass is 10.1. The Morgan fingerprint density at radius 1 is 1.14 bits per heavy atom. The number of rotatable bonds is 4. The van der Waals surface area contributed by atoms with Gasteiger partial charge in [0.15, 0.2) is 0 Å². The average Bonchev–Trinajstić information content (AvgIpc) is 2.56. The minimum atomic E-state index is -0.174. The smallest absolute Gasteiger partial charge is 0.139 e. The van der Waals surface area contributed by atoms with Crippen LogP contribution < -0.4 is 0 Å². The first-order valence-corrected chi connectivity index (χ1v) is 8.16. The Hall–Kier alpha value is -1.49. The Morgan fingerprint density at radius 3 is 2.55 bits per heavy atom. The monoisotopic (exact) mass is 359 g/mol. The molecule has 0 bridgehead atoms. The summed E-state index contributed by atoms with van der Waals surface area (Å²) in [6.45, 7) is 1.93. The van der Waals surface area contributed by atoms with Crippen molar-refractivity contribution in [2.24, 2.45) is 0 Å². The molecule has 1 fully saturated rings. The van der Waals surface area contributed by atoms with Gasteiger partial charge in [-0.1, -0.05) is 58.4 Å². The summed E-state index contributed by atoms with van der Waals surface area (Å²) in [5.41, 5.74) is 2.36. The Balaban J connectivity index is 1.74. The van der Waals surface area contributed by atoms with E-state index < -0.39 is 0 Å². The Morgan fingerprint density at radius 2 is 1.86 bits per heavy atom. The van der Waals surface area contributed by atoms with Gasteiger partial charge in [0.05, 0.1) is 18.8 Å². The third kappa shape index (κ3) is 3.64. The molecule has 2 aromatic rings. The minimum absolute atomic E-state index is 0.00742. The van der Waals surface area contributed by atoms with E-state index in [0.29, 0.717) is 6.61 Å². The van der Waals surface area contributed by atoms with Crippen LogP contribution in [0.15, 0.2) is 59.1 Å². The number of aldehydes is 1. The molecule has 1 saturated heterocycles. The first-order chi connectivity index (χ1) is 10.8. The summed E-state index contributed by atoms with van der Waals surface area (Å²) < 4.78 is 6.94. The molecular weight excluding hydrogens is 342 g/mol. The van der Waals surface area contributed by atoms with E-state index >= 15 is 0 Å². The van der Waals surface area contributed by atoms with Crippen molar-refractivity contribution in [1.82, 2.24) is 4.90 Å². The van der Waals surface area contributed by atoms with E-state index in [1.54, 1.807) is 0 Å². The molecule has 3 nitrogen and oxygen atoms in total. The summed E-state index contributed by atoms with van der Waals surface area (Å²) in [5, 5.41) is 0. The van der Waals surface area contributed by atoms with Crippen LogP contribution in [-0.4, -0.2) is 30.4 Å². The number of benzene rings is 2. The highest BCUT2D eigenvalue weighted by atomic mass is 79.9. The zero-order valence-corrected chi connectivity index (χ0v) is 13.8. The highest BCUT2D eigenvalue weighted by molar-refractivity contribution is 9.10. The maximum absolute atomic E-state index is 11.3. The molecule has 114 valence electrons.